The summed E-state index contributed by atoms with van der Waals surface area (Å²) in [6.07, 6.45) is 3.27. The number of hydrogen-bond donors (Lipinski definition) is 5. The lowest BCUT2D eigenvalue weighted by Gasteiger charge is -2.22. The van der Waals surface area contributed by atoms with E-state index in [-0.39, 0.29) is 28.8 Å². The number of piperidine rings is 1. The van der Waals surface area contributed by atoms with E-state index in [1.807, 2.05) is 4.72 Å². The topological polar surface area (TPSA) is 154 Å². The zero-order valence-electron chi connectivity index (χ0n) is 17.6. The standard InChI is InChI=1S/C20H29ClN4O6S/c21-15-3-1-2-4-17(15)32(30,31)25-16(20(28)29)13-24-19(27)9-12-23-18(26)6-5-14-7-10-22-11-8-14/h1-4,14,16,22,25H,5-13H2,(H,23,26)(H,24,27)(H,28,29)/t16-/m0/s1. The zero-order chi connectivity index (χ0) is 23.6. The Morgan fingerprint density at radius 3 is 2.41 bits per heavy atom. The molecule has 0 aromatic heterocycles. The first-order valence-corrected chi connectivity index (χ1v) is 12.3. The summed E-state index contributed by atoms with van der Waals surface area (Å²) in [5.74, 6) is -1.56. The lowest BCUT2D eigenvalue weighted by Crippen LogP contribution is -2.48. The monoisotopic (exact) mass is 488 g/mol. The van der Waals surface area contributed by atoms with Crippen molar-refractivity contribution in [3.05, 3.63) is 29.3 Å². The summed E-state index contributed by atoms with van der Waals surface area (Å²) in [5, 5.41) is 17.6. The van der Waals surface area contributed by atoms with E-state index in [2.05, 4.69) is 16.0 Å². The molecular weight excluding hydrogens is 460 g/mol. The average molecular weight is 489 g/mol. The number of benzene rings is 1. The fraction of sp³-hybridized carbons (Fsp3) is 0.550. The van der Waals surface area contributed by atoms with Crippen molar-refractivity contribution in [2.24, 2.45) is 5.92 Å². The normalized spacial score (nSPS) is 15.7. The van der Waals surface area contributed by atoms with Gasteiger partial charge in [-0.05, 0) is 50.4 Å². The van der Waals surface area contributed by atoms with Crippen LogP contribution in [0.15, 0.2) is 29.2 Å². The van der Waals surface area contributed by atoms with Gasteiger partial charge in [0.15, 0.2) is 0 Å². The Bertz CT molecular complexity index is 905. The molecule has 0 bridgehead atoms. The molecule has 1 aliphatic heterocycles. The highest BCUT2D eigenvalue weighted by Gasteiger charge is 2.27. The second-order valence-corrected chi connectivity index (χ2v) is 9.67. The van der Waals surface area contributed by atoms with Crippen LogP contribution in [0, 0.1) is 5.92 Å². The third-order valence-electron chi connectivity index (χ3n) is 5.14. The number of rotatable bonds is 12. The summed E-state index contributed by atoms with van der Waals surface area (Å²) in [5.41, 5.74) is 0. The molecule has 5 N–H and O–H groups in total. The minimum Gasteiger partial charge on any atom is -0.480 e. The molecule has 1 atom stereocenters. The molecule has 0 unspecified atom stereocenters. The van der Waals surface area contributed by atoms with Gasteiger partial charge in [-0.1, -0.05) is 23.7 Å². The lowest BCUT2D eigenvalue weighted by atomic mass is 9.93. The van der Waals surface area contributed by atoms with Crippen molar-refractivity contribution in [3.8, 4) is 0 Å². The molecule has 1 heterocycles. The van der Waals surface area contributed by atoms with Crippen LogP contribution in [0.2, 0.25) is 5.02 Å². The van der Waals surface area contributed by atoms with Gasteiger partial charge in [0.05, 0.1) is 5.02 Å². The van der Waals surface area contributed by atoms with Gasteiger partial charge >= 0.3 is 5.97 Å². The van der Waals surface area contributed by atoms with Gasteiger partial charge in [-0.3, -0.25) is 14.4 Å². The fourth-order valence-corrected chi connectivity index (χ4v) is 5.02. The molecule has 12 heteroatoms. The minimum atomic E-state index is -4.20. The van der Waals surface area contributed by atoms with Crippen LogP contribution in [-0.4, -0.2) is 63.5 Å². The zero-order valence-corrected chi connectivity index (χ0v) is 19.2. The summed E-state index contributed by atoms with van der Waals surface area (Å²) in [6, 6.07) is 4.03. The van der Waals surface area contributed by atoms with Gasteiger partial charge in [0.1, 0.15) is 10.9 Å². The van der Waals surface area contributed by atoms with Crippen molar-refractivity contribution in [1.29, 1.82) is 0 Å². The first-order chi connectivity index (χ1) is 15.2. The Hall–Kier alpha value is -2.21. The van der Waals surface area contributed by atoms with Gasteiger partial charge in [-0.15, -0.1) is 0 Å². The number of carboxylic acid groups (broad SMARTS) is 1. The van der Waals surface area contributed by atoms with Gasteiger partial charge < -0.3 is 21.1 Å². The number of aliphatic carboxylic acids is 1. The quantitative estimate of drug-likeness (QED) is 0.286. The Kier molecular flexibility index (Phi) is 10.4. The van der Waals surface area contributed by atoms with Crippen molar-refractivity contribution in [3.63, 3.8) is 0 Å². The number of nitrogens with one attached hydrogen (secondary N) is 4. The number of halogens is 1. The molecule has 1 aliphatic rings. The molecule has 0 saturated carbocycles. The molecule has 2 rings (SSSR count). The Morgan fingerprint density at radius 2 is 1.75 bits per heavy atom. The maximum atomic E-state index is 12.4. The molecule has 0 radical (unpaired) electrons. The highest BCUT2D eigenvalue weighted by molar-refractivity contribution is 7.89. The molecule has 32 heavy (non-hydrogen) atoms. The van der Waals surface area contributed by atoms with Crippen molar-refractivity contribution < 1.29 is 27.9 Å². The van der Waals surface area contributed by atoms with Crippen LogP contribution >= 0.6 is 11.6 Å². The maximum absolute atomic E-state index is 12.4. The van der Waals surface area contributed by atoms with Crippen LogP contribution in [-0.2, 0) is 24.4 Å². The van der Waals surface area contributed by atoms with E-state index in [1.165, 1.54) is 18.2 Å². The van der Waals surface area contributed by atoms with E-state index in [0.29, 0.717) is 12.3 Å². The number of sulfonamides is 1. The minimum absolute atomic E-state index is 0.0518. The molecule has 1 fully saturated rings. The number of hydrogen-bond acceptors (Lipinski definition) is 6. The van der Waals surface area contributed by atoms with Crippen LogP contribution in [0.25, 0.3) is 0 Å². The highest BCUT2D eigenvalue weighted by atomic mass is 35.5. The Balaban J connectivity index is 1.73. The van der Waals surface area contributed by atoms with Crippen molar-refractivity contribution in [2.75, 3.05) is 26.2 Å². The summed E-state index contributed by atoms with van der Waals surface area (Å²) >= 11 is 5.87. The predicted molar refractivity (Wildman–Crippen MR) is 119 cm³/mol. The molecule has 1 aromatic rings. The largest absolute Gasteiger partial charge is 0.480 e. The van der Waals surface area contributed by atoms with Crippen molar-refractivity contribution in [1.82, 2.24) is 20.7 Å². The van der Waals surface area contributed by atoms with Crippen LogP contribution in [0.1, 0.15) is 32.1 Å². The van der Waals surface area contributed by atoms with Crippen LogP contribution in [0.4, 0.5) is 0 Å². The molecule has 178 valence electrons. The summed E-state index contributed by atoms with van der Waals surface area (Å²) in [7, 11) is -4.20. The molecular formula is C20H29ClN4O6S. The molecule has 2 amide bonds. The van der Waals surface area contributed by atoms with Gasteiger partial charge in [-0.25, -0.2) is 8.42 Å². The first-order valence-electron chi connectivity index (χ1n) is 10.4. The van der Waals surface area contributed by atoms with Crippen LogP contribution in [0.5, 0.6) is 0 Å². The van der Waals surface area contributed by atoms with E-state index in [9.17, 15) is 27.9 Å². The Morgan fingerprint density at radius 1 is 1.09 bits per heavy atom. The van der Waals surface area contributed by atoms with E-state index in [4.69, 9.17) is 11.6 Å². The molecule has 0 aliphatic carbocycles. The predicted octanol–water partition coefficient (Wildman–Crippen LogP) is 0.474. The molecule has 1 saturated heterocycles. The van der Waals surface area contributed by atoms with E-state index < -0.39 is 34.5 Å². The number of carbonyl (C=O) groups is 3. The second kappa shape index (κ2) is 12.7. The van der Waals surface area contributed by atoms with E-state index in [1.54, 1.807) is 6.07 Å². The maximum Gasteiger partial charge on any atom is 0.323 e. The average Bonchev–Trinajstić information content (AvgIpc) is 2.76. The van der Waals surface area contributed by atoms with E-state index >= 15 is 0 Å². The number of carboxylic acids is 1. The van der Waals surface area contributed by atoms with Gasteiger partial charge in [-0.2, -0.15) is 4.72 Å². The molecule has 10 nitrogen and oxygen atoms in total. The highest BCUT2D eigenvalue weighted by Crippen LogP contribution is 2.20. The van der Waals surface area contributed by atoms with E-state index in [0.717, 1.165) is 32.4 Å². The van der Waals surface area contributed by atoms with Crippen molar-refractivity contribution in [2.45, 2.75) is 43.0 Å². The summed E-state index contributed by atoms with van der Waals surface area (Å²) in [4.78, 5) is 35.1. The van der Waals surface area contributed by atoms with Gasteiger partial charge in [0.25, 0.3) is 0 Å². The summed E-state index contributed by atoms with van der Waals surface area (Å²) in [6.45, 7) is 1.60. The number of carbonyl (C=O) groups excluding carboxylic acids is 2. The number of amides is 2. The van der Waals surface area contributed by atoms with Crippen LogP contribution < -0.4 is 20.7 Å². The smallest absolute Gasteiger partial charge is 0.323 e. The third-order valence-corrected chi connectivity index (χ3v) is 7.11. The lowest BCUT2D eigenvalue weighted by molar-refractivity contribution is -0.138. The van der Waals surface area contributed by atoms with Gasteiger partial charge in [0, 0.05) is 25.9 Å². The SMILES string of the molecule is O=C(CCC1CCNCC1)NCCC(=O)NC[C@H](NS(=O)(=O)c1ccccc1Cl)C(=O)O. The Labute approximate surface area is 192 Å². The first kappa shape index (κ1) is 26.0. The van der Waals surface area contributed by atoms with Gasteiger partial charge in [0.2, 0.25) is 21.8 Å². The fourth-order valence-electron chi connectivity index (χ4n) is 3.31. The van der Waals surface area contributed by atoms with Crippen molar-refractivity contribution >= 4 is 39.4 Å². The van der Waals surface area contributed by atoms with Crippen LogP contribution in [0.3, 0.4) is 0 Å². The molecule has 0 spiro atoms. The summed E-state index contributed by atoms with van der Waals surface area (Å²) < 4.78 is 26.9. The third kappa shape index (κ3) is 8.73. The second-order valence-electron chi connectivity index (χ2n) is 7.58. The molecule has 1 aromatic carbocycles.